The van der Waals surface area contributed by atoms with E-state index in [1.807, 2.05) is 31.2 Å². The topological polar surface area (TPSA) is 24.9 Å². The van der Waals surface area contributed by atoms with Crippen LogP contribution in [0.1, 0.15) is 25.0 Å². The van der Waals surface area contributed by atoms with Gasteiger partial charge in [-0.3, -0.25) is 4.98 Å². The number of rotatable bonds is 0. The number of hydrogen-bond donors (Lipinski definition) is 1. The molecule has 1 aromatic carbocycles. The first-order valence-corrected chi connectivity index (χ1v) is 6.39. The van der Waals surface area contributed by atoms with Crippen LogP contribution in [0.15, 0.2) is 36.4 Å². The predicted octanol–water partition coefficient (Wildman–Crippen LogP) is 3.30. The molecule has 1 fully saturated rings. The van der Waals surface area contributed by atoms with E-state index in [1.165, 1.54) is 37.7 Å². The van der Waals surface area contributed by atoms with Crippen LogP contribution in [0.25, 0.3) is 10.9 Å². The summed E-state index contributed by atoms with van der Waals surface area (Å²) in [5.41, 5.74) is 2.15. The van der Waals surface area contributed by atoms with Gasteiger partial charge < -0.3 is 5.32 Å². The maximum absolute atomic E-state index is 4.38. The summed E-state index contributed by atoms with van der Waals surface area (Å²) in [7, 11) is 0. The lowest BCUT2D eigenvalue weighted by molar-refractivity contribution is 0.520. The van der Waals surface area contributed by atoms with Crippen molar-refractivity contribution in [2.75, 3.05) is 13.1 Å². The maximum atomic E-state index is 4.38. The number of benzene rings is 1. The summed E-state index contributed by atoms with van der Waals surface area (Å²) in [4.78, 5) is 4.38. The molecular formula is C15H20N2. The molecule has 17 heavy (non-hydrogen) atoms. The van der Waals surface area contributed by atoms with Crippen LogP contribution in [0.2, 0.25) is 0 Å². The van der Waals surface area contributed by atoms with Crippen molar-refractivity contribution in [3.63, 3.8) is 0 Å². The van der Waals surface area contributed by atoms with Crippen molar-refractivity contribution in [1.29, 1.82) is 0 Å². The van der Waals surface area contributed by atoms with Crippen molar-refractivity contribution in [2.24, 2.45) is 0 Å². The zero-order chi connectivity index (χ0) is 11.9. The summed E-state index contributed by atoms with van der Waals surface area (Å²) < 4.78 is 0. The zero-order valence-electron chi connectivity index (χ0n) is 10.4. The normalized spacial score (nSPS) is 15.1. The molecule has 90 valence electrons. The number of para-hydroxylation sites is 1. The smallest absolute Gasteiger partial charge is 0.0705 e. The lowest BCUT2D eigenvalue weighted by Crippen LogP contribution is -2.21. The number of aromatic nitrogens is 1. The Kier molecular flexibility index (Phi) is 4.51. The molecule has 1 aromatic heterocycles. The second-order valence-electron chi connectivity index (χ2n) is 4.46. The van der Waals surface area contributed by atoms with Crippen molar-refractivity contribution >= 4 is 10.9 Å². The van der Waals surface area contributed by atoms with E-state index in [4.69, 9.17) is 0 Å². The number of nitrogens with zero attached hydrogens (tertiary/aromatic N) is 1. The highest BCUT2D eigenvalue weighted by molar-refractivity contribution is 5.78. The average Bonchev–Trinajstić information content (AvgIpc) is 2.41. The second kappa shape index (κ2) is 6.36. The first kappa shape index (κ1) is 12.1. The highest BCUT2D eigenvalue weighted by Crippen LogP contribution is 2.10. The molecule has 0 spiro atoms. The van der Waals surface area contributed by atoms with E-state index in [0.717, 1.165) is 11.2 Å². The van der Waals surface area contributed by atoms with Crippen LogP contribution in [0.5, 0.6) is 0 Å². The van der Waals surface area contributed by atoms with Crippen LogP contribution in [0.4, 0.5) is 0 Å². The van der Waals surface area contributed by atoms with Gasteiger partial charge in [-0.15, -0.1) is 0 Å². The molecular weight excluding hydrogens is 208 g/mol. The van der Waals surface area contributed by atoms with Gasteiger partial charge in [0.2, 0.25) is 0 Å². The van der Waals surface area contributed by atoms with Gasteiger partial charge in [-0.25, -0.2) is 0 Å². The SMILES string of the molecule is C1CCNCC1.Cc1ccc2ccccc2n1. The van der Waals surface area contributed by atoms with Crippen molar-refractivity contribution in [3.8, 4) is 0 Å². The van der Waals surface area contributed by atoms with E-state index in [0.29, 0.717) is 0 Å². The molecule has 0 radical (unpaired) electrons. The Morgan fingerprint density at radius 3 is 2.35 bits per heavy atom. The summed E-state index contributed by atoms with van der Waals surface area (Å²) >= 11 is 0. The van der Waals surface area contributed by atoms with Crippen LogP contribution in [-0.4, -0.2) is 18.1 Å². The third kappa shape index (κ3) is 3.82. The third-order valence-corrected chi connectivity index (χ3v) is 2.94. The number of hydrogen-bond acceptors (Lipinski definition) is 2. The number of piperidine rings is 1. The van der Waals surface area contributed by atoms with Crippen LogP contribution < -0.4 is 5.32 Å². The molecule has 1 aliphatic rings. The molecule has 0 atom stereocenters. The maximum Gasteiger partial charge on any atom is 0.0705 e. The van der Waals surface area contributed by atoms with Crippen molar-refractivity contribution in [2.45, 2.75) is 26.2 Å². The summed E-state index contributed by atoms with van der Waals surface area (Å²) in [6.07, 6.45) is 4.22. The predicted molar refractivity (Wildman–Crippen MR) is 73.2 cm³/mol. The largest absolute Gasteiger partial charge is 0.317 e. The molecule has 2 heterocycles. The van der Waals surface area contributed by atoms with Gasteiger partial charge in [-0.2, -0.15) is 0 Å². The average molecular weight is 228 g/mol. The van der Waals surface area contributed by atoms with Crippen LogP contribution in [0.3, 0.4) is 0 Å². The quantitative estimate of drug-likeness (QED) is 0.748. The molecule has 2 nitrogen and oxygen atoms in total. The van der Waals surface area contributed by atoms with Gasteiger partial charge in [-0.05, 0) is 45.0 Å². The summed E-state index contributed by atoms with van der Waals surface area (Å²) in [6, 6.07) is 12.3. The van der Waals surface area contributed by atoms with Gasteiger partial charge in [0.1, 0.15) is 0 Å². The summed E-state index contributed by atoms with van der Waals surface area (Å²) in [6.45, 7) is 4.51. The summed E-state index contributed by atoms with van der Waals surface area (Å²) in [5, 5.41) is 4.49. The van der Waals surface area contributed by atoms with Gasteiger partial charge in [0.15, 0.2) is 0 Å². The Morgan fingerprint density at radius 2 is 1.71 bits per heavy atom. The zero-order valence-corrected chi connectivity index (χ0v) is 10.4. The molecule has 1 N–H and O–H groups in total. The lowest BCUT2D eigenvalue weighted by Gasteiger charge is -2.08. The fourth-order valence-corrected chi connectivity index (χ4v) is 1.97. The molecule has 0 aliphatic carbocycles. The van der Waals surface area contributed by atoms with Gasteiger partial charge in [-0.1, -0.05) is 30.7 Å². The molecule has 0 bridgehead atoms. The minimum atomic E-state index is 1.07. The Bertz CT molecular complexity index is 450. The molecule has 0 unspecified atom stereocenters. The van der Waals surface area contributed by atoms with Crippen LogP contribution in [0, 0.1) is 6.92 Å². The minimum absolute atomic E-state index is 1.07. The van der Waals surface area contributed by atoms with Crippen LogP contribution >= 0.6 is 0 Å². The van der Waals surface area contributed by atoms with E-state index in [1.54, 1.807) is 0 Å². The fraction of sp³-hybridized carbons (Fsp3) is 0.400. The standard InChI is InChI=1S/C10H9N.C5H11N/c1-8-6-7-9-4-2-3-5-10(9)11-8;1-2-4-6-5-3-1/h2-7H,1H3;6H,1-5H2. The van der Waals surface area contributed by atoms with Crippen molar-refractivity contribution in [3.05, 3.63) is 42.1 Å². The highest BCUT2D eigenvalue weighted by atomic mass is 14.9. The van der Waals surface area contributed by atoms with Gasteiger partial charge in [0.05, 0.1) is 5.52 Å². The molecule has 3 rings (SSSR count). The van der Waals surface area contributed by atoms with E-state index < -0.39 is 0 Å². The van der Waals surface area contributed by atoms with Gasteiger partial charge >= 0.3 is 0 Å². The van der Waals surface area contributed by atoms with E-state index in [-0.39, 0.29) is 0 Å². The minimum Gasteiger partial charge on any atom is -0.317 e. The Balaban J connectivity index is 0.000000153. The van der Waals surface area contributed by atoms with E-state index in [2.05, 4.69) is 22.4 Å². The van der Waals surface area contributed by atoms with Gasteiger partial charge in [0.25, 0.3) is 0 Å². The lowest BCUT2D eigenvalue weighted by atomic mass is 10.2. The number of nitrogens with one attached hydrogen (secondary N) is 1. The summed E-state index contributed by atoms with van der Waals surface area (Å²) in [5.74, 6) is 0. The van der Waals surface area contributed by atoms with Crippen LogP contribution in [-0.2, 0) is 0 Å². The number of aryl methyl sites for hydroxylation is 1. The van der Waals surface area contributed by atoms with E-state index in [9.17, 15) is 0 Å². The molecule has 2 aromatic rings. The molecule has 2 heteroatoms. The highest BCUT2D eigenvalue weighted by Gasteiger charge is 1.93. The first-order valence-electron chi connectivity index (χ1n) is 6.39. The Morgan fingerprint density at radius 1 is 0.941 bits per heavy atom. The molecule has 1 saturated heterocycles. The van der Waals surface area contributed by atoms with Crippen molar-refractivity contribution in [1.82, 2.24) is 10.3 Å². The Hall–Kier alpha value is -1.41. The first-order chi connectivity index (χ1) is 8.36. The van der Waals surface area contributed by atoms with Crippen molar-refractivity contribution < 1.29 is 0 Å². The Labute approximate surface area is 103 Å². The number of pyridine rings is 1. The molecule has 0 saturated carbocycles. The molecule has 1 aliphatic heterocycles. The number of fused-ring (bicyclic) bond motifs is 1. The fourth-order valence-electron chi connectivity index (χ4n) is 1.97. The van der Waals surface area contributed by atoms with E-state index >= 15 is 0 Å². The third-order valence-electron chi connectivity index (χ3n) is 2.94. The molecule has 0 amide bonds. The monoisotopic (exact) mass is 228 g/mol. The second-order valence-corrected chi connectivity index (χ2v) is 4.46. The van der Waals surface area contributed by atoms with Gasteiger partial charge in [0, 0.05) is 11.1 Å².